The van der Waals surface area contributed by atoms with Crippen LogP contribution in [0.3, 0.4) is 0 Å². The van der Waals surface area contributed by atoms with Gasteiger partial charge in [0.1, 0.15) is 11.6 Å². The van der Waals surface area contributed by atoms with E-state index in [0.717, 1.165) is 49.8 Å². The maximum atomic E-state index is 12.6. The van der Waals surface area contributed by atoms with Gasteiger partial charge in [0.2, 0.25) is 0 Å². The Hall–Kier alpha value is -2.88. The Bertz CT molecular complexity index is 1100. The number of hydrogen-bond acceptors (Lipinski definition) is 8. The van der Waals surface area contributed by atoms with E-state index in [0.29, 0.717) is 29.0 Å². The van der Waals surface area contributed by atoms with Gasteiger partial charge in [-0.2, -0.15) is 0 Å². The molecule has 2 aromatic heterocycles. The van der Waals surface area contributed by atoms with E-state index >= 15 is 0 Å². The number of furan rings is 1. The summed E-state index contributed by atoms with van der Waals surface area (Å²) in [7, 11) is 1.67. The number of benzene rings is 1. The van der Waals surface area contributed by atoms with Crippen LogP contribution in [0, 0.1) is 0 Å². The Kier molecular flexibility index (Phi) is 8.79. The summed E-state index contributed by atoms with van der Waals surface area (Å²) in [5.41, 5.74) is 1.90. The summed E-state index contributed by atoms with van der Waals surface area (Å²) in [5, 5.41) is 3.66. The van der Waals surface area contributed by atoms with E-state index in [1.807, 2.05) is 49.4 Å². The lowest BCUT2D eigenvalue weighted by molar-refractivity contribution is 0.0910. The van der Waals surface area contributed by atoms with Crippen molar-refractivity contribution in [3.05, 3.63) is 71.3 Å². The fourth-order valence-corrected chi connectivity index (χ4v) is 4.77. The molecule has 0 bridgehead atoms. The minimum absolute atomic E-state index is 0.110. The highest BCUT2D eigenvalue weighted by atomic mass is 32.2. The molecule has 1 fully saturated rings. The number of hydrogen-bond donors (Lipinski definition) is 1. The summed E-state index contributed by atoms with van der Waals surface area (Å²) in [6.45, 7) is 9.60. The van der Waals surface area contributed by atoms with Crippen LogP contribution < -0.4 is 10.2 Å². The van der Waals surface area contributed by atoms with Crippen molar-refractivity contribution in [3.8, 4) is 0 Å². The molecule has 1 saturated heterocycles. The van der Waals surface area contributed by atoms with Crippen LogP contribution in [0.1, 0.15) is 47.5 Å². The second-order valence-electron chi connectivity index (χ2n) is 8.51. The van der Waals surface area contributed by atoms with E-state index in [1.165, 1.54) is 11.8 Å². The second-order valence-corrected chi connectivity index (χ2v) is 9.46. The van der Waals surface area contributed by atoms with Crippen LogP contribution in [0.5, 0.6) is 0 Å². The number of thioether (sulfide) groups is 1. The van der Waals surface area contributed by atoms with Gasteiger partial charge in [-0.05, 0) is 31.2 Å². The van der Waals surface area contributed by atoms with Crippen molar-refractivity contribution < 1.29 is 13.9 Å². The van der Waals surface area contributed by atoms with Crippen LogP contribution in [-0.4, -0.2) is 60.6 Å². The Morgan fingerprint density at radius 1 is 1.14 bits per heavy atom. The zero-order chi connectivity index (χ0) is 24.6. The Morgan fingerprint density at radius 2 is 1.91 bits per heavy atom. The largest absolute Gasteiger partial charge is 0.455 e. The number of nitrogens with zero attached hydrogens (tertiary/aromatic N) is 4. The average molecular weight is 496 g/mol. The van der Waals surface area contributed by atoms with Gasteiger partial charge in [0, 0.05) is 39.4 Å². The molecule has 1 aliphatic rings. The van der Waals surface area contributed by atoms with Crippen molar-refractivity contribution in [2.45, 2.75) is 37.4 Å². The Labute approximate surface area is 211 Å². The number of nitrogens with one attached hydrogen (secondary N) is 1. The molecule has 186 valence electrons. The summed E-state index contributed by atoms with van der Waals surface area (Å²) >= 11 is 1.49. The van der Waals surface area contributed by atoms with Gasteiger partial charge in [-0.25, -0.2) is 9.97 Å². The van der Waals surface area contributed by atoms with Crippen molar-refractivity contribution in [3.63, 3.8) is 0 Å². The molecular formula is C26H33N5O3S. The van der Waals surface area contributed by atoms with Gasteiger partial charge in [-0.1, -0.05) is 49.0 Å². The number of likely N-dealkylation sites (N-methyl/N-ethyl adjacent to an activating group) is 1. The summed E-state index contributed by atoms with van der Waals surface area (Å²) < 4.78 is 11.1. The number of amides is 1. The van der Waals surface area contributed by atoms with Gasteiger partial charge in [-0.15, -0.1) is 0 Å². The van der Waals surface area contributed by atoms with Crippen LogP contribution in [-0.2, 0) is 17.1 Å². The second kappa shape index (κ2) is 12.2. The quantitative estimate of drug-likeness (QED) is 0.332. The van der Waals surface area contributed by atoms with Crippen LogP contribution in [0.4, 0.5) is 5.82 Å². The molecular weight excluding hydrogens is 462 g/mol. The fourth-order valence-electron chi connectivity index (χ4n) is 4.01. The fraction of sp³-hybridized carbons (Fsp3) is 0.423. The molecule has 1 aromatic carbocycles. The molecule has 1 aliphatic heterocycles. The molecule has 3 aromatic rings. The minimum atomic E-state index is -0.232. The molecule has 4 rings (SSSR count). The lowest BCUT2D eigenvalue weighted by atomic mass is 10.1. The van der Waals surface area contributed by atoms with Crippen LogP contribution in [0.2, 0.25) is 0 Å². The molecule has 1 amide bonds. The molecule has 0 spiro atoms. The van der Waals surface area contributed by atoms with E-state index < -0.39 is 0 Å². The summed E-state index contributed by atoms with van der Waals surface area (Å²) in [4.78, 5) is 26.8. The molecule has 0 saturated carbocycles. The van der Waals surface area contributed by atoms with Crippen molar-refractivity contribution in [1.29, 1.82) is 0 Å². The highest BCUT2D eigenvalue weighted by Crippen LogP contribution is 2.25. The molecule has 3 heterocycles. The maximum Gasteiger partial charge on any atom is 0.287 e. The first kappa shape index (κ1) is 25.2. The lowest BCUT2D eigenvalue weighted by Gasteiger charge is -2.34. The predicted octanol–water partition coefficient (Wildman–Crippen LogP) is 4.14. The molecule has 35 heavy (non-hydrogen) atoms. The third-order valence-corrected chi connectivity index (χ3v) is 6.93. The topological polar surface area (TPSA) is 83.7 Å². The average Bonchev–Trinajstić information content (AvgIpc) is 3.37. The van der Waals surface area contributed by atoms with E-state index in [4.69, 9.17) is 14.1 Å². The van der Waals surface area contributed by atoms with Gasteiger partial charge in [-0.3, -0.25) is 4.79 Å². The van der Waals surface area contributed by atoms with Gasteiger partial charge in [0.25, 0.3) is 5.91 Å². The van der Waals surface area contributed by atoms with Crippen molar-refractivity contribution in [2.75, 3.05) is 44.7 Å². The molecule has 0 aliphatic carbocycles. The van der Waals surface area contributed by atoms with E-state index in [9.17, 15) is 4.79 Å². The monoisotopic (exact) mass is 495 g/mol. The predicted molar refractivity (Wildman–Crippen MR) is 138 cm³/mol. The highest BCUT2D eigenvalue weighted by Gasteiger charge is 2.19. The number of methoxy groups -OCH3 is 1. The first-order valence-corrected chi connectivity index (χ1v) is 13.0. The van der Waals surface area contributed by atoms with Crippen molar-refractivity contribution in [2.24, 2.45) is 0 Å². The van der Waals surface area contributed by atoms with Gasteiger partial charge in [0.15, 0.2) is 10.9 Å². The number of piperazine rings is 1. The summed E-state index contributed by atoms with van der Waals surface area (Å²) in [5.74, 6) is 2.23. The number of aromatic nitrogens is 2. The molecule has 8 nitrogen and oxygen atoms in total. The zero-order valence-corrected chi connectivity index (χ0v) is 21.4. The van der Waals surface area contributed by atoms with E-state index in [-0.39, 0.29) is 11.9 Å². The third kappa shape index (κ3) is 6.84. The number of carbonyl (C=O) groups excluding carboxylic acids is 1. The van der Waals surface area contributed by atoms with Gasteiger partial charge >= 0.3 is 0 Å². The lowest BCUT2D eigenvalue weighted by Crippen LogP contribution is -2.46. The van der Waals surface area contributed by atoms with Crippen LogP contribution in [0.25, 0.3) is 0 Å². The van der Waals surface area contributed by atoms with Crippen molar-refractivity contribution in [1.82, 2.24) is 20.2 Å². The standard InChI is InChI=1S/C26H33N5O3S/c1-4-30-12-14-31(15-13-30)24-16-21(17-33-3)28-26(29-24)35-18-22-10-11-23(34-22)25(32)27-19(2)20-8-6-5-7-9-20/h5-11,16,19H,4,12-15,17-18H2,1-3H3,(H,27,32). The van der Waals surface area contributed by atoms with Crippen LogP contribution in [0.15, 0.2) is 58.1 Å². The SMILES string of the molecule is CCN1CCN(c2cc(COC)nc(SCc3ccc(C(=O)NC(C)c4ccccc4)o3)n2)CC1. The smallest absolute Gasteiger partial charge is 0.287 e. The molecule has 1 atom stereocenters. The Morgan fingerprint density at radius 3 is 2.63 bits per heavy atom. The number of rotatable bonds is 10. The molecule has 0 radical (unpaired) electrons. The highest BCUT2D eigenvalue weighted by molar-refractivity contribution is 7.98. The number of anilines is 1. The first-order chi connectivity index (χ1) is 17.1. The molecule has 1 unspecified atom stereocenters. The number of carbonyl (C=O) groups is 1. The van der Waals surface area contributed by atoms with Gasteiger partial charge in [0.05, 0.1) is 24.1 Å². The van der Waals surface area contributed by atoms with Gasteiger partial charge < -0.3 is 24.3 Å². The normalized spacial score (nSPS) is 15.2. The molecule has 1 N–H and O–H groups in total. The van der Waals surface area contributed by atoms with E-state index in [1.54, 1.807) is 13.2 Å². The zero-order valence-electron chi connectivity index (χ0n) is 20.6. The minimum Gasteiger partial charge on any atom is -0.455 e. The summed E-state index contributed by atoms with van der Waals surface area (Å²) in [6.07, 6.45) is 0. The third-order valence-electron chi connectivity index (χ3n) is 6.06. The first-order valence-electron chi connectivity index (χ1n) is 12.0. The maximum absolute atomic E-state index is 12.6. The van der Waals surface area contributed by atoms with Crippen LogP contribution >= 0.6 is 11.8 Å². The van der Waals surface area contributed by atoms with Crippen molar-refractivity contribution >= 4 is 23.5 Å². The Balaban J connectivity index is 1.38. The molecule has 9 heteroatoms. The summed E-state index contributed by atoms with van der Waals surface area (Å²) in [6, 6.07) is 15.3. The van der Waals surface area contributed by atoms with E-state index in [2.05, 4.69) is 27.0 Å². The number of ether oxygens (including phenoxy) is 1.